The summed E-state index contributed by atoms with van der Waals surface area (Å²) >= 11 is 9.76. The van der Waals surface area contributed by atoms with Gasteiger partial charge in [-0.2, -0.15) is 0 Å². The van der Waals surface area contributed by atoms with Gasteiger partial charge < -0.3 is 0 Å². The second kappa shape index (κ2) is 6.10. The SMILES string of the molecule is Fc1ccc(C2(CCCBr)CCc3ccc(Cl)cc32)cc1. The Morgan fingerprint density at radius 2 is 1.90 bits per heavy atom. The minimum Gasteiger partial charge on any atom is -0.207 e. The average molecular weight is 368 g/mol. The van der Waals surface area contributed by atoms with E-state index in [1.807, 2.05) is 18.2 Å². The van der Waals surface area contributed by atoms with E-state index in [1.54, 1.807) is 12.1 Å². The summed E-state index contributed by atoms with van der Waals surface area (Å²) in [5.41, 5.74) is 3.87. The van der Waals surface area contributed by atoms with Crippen molar-refractivity contribution in [3.63, 3.8) is 0 Å². The molecule has 0 radical (unpaired) electrons. The Kier molecular flexibility index (Phi) is 4.37. The topological polar surface area (TPSA) is 0 Å². The van der Waals surface area contributed by atoms with Crippen LogP contribution < -0.4 is 0 Å². The second-order valence-electron chi connectivity index (χ2n) is 5.68. The van der Waals surface area contributed by atoms with Gasteiger partial charge in [0.1, 0.15) is 5.82 Å². The fourth-order valence-corrected chi connectivity index (χ4v) is 3.99. The van der Waals surface area contributed by atoms with Crippen molar-refractivity contribution in [2.45, 2.75) is 31.1 Å². The van der Waals surface area contributed by atoms with Crippen LogP contribution in [-0.2, 0) is 11.8 Å². The predicted octanol–water partition coefficient (Wildman–Crippen LogP) is 5.89. The molecule has 0 spiro atoms. The zero-order valence-corrected chi connectivity index (χ0v) is 14.1. The first-order valence-electron chi connectivity index (χ1n) is 7.27. The van der Waals surface area contributed by atoms with Crippen LogP contribution in [0.4, 0.5) is 4.39 Å². The van der Waals surface area contributed by atoms with Gasteiger partial charge in [-0.05, 0) is 66.6 Å². The fourth-order valence-electron chi connectivity index (χ4n) is 3.54. The highest BCUT2D eigenvalue weighted by atomic mass is 79.9. The van der Waals surface area contributed by atoms with Crippen LogP contribution in [0.15, 0.2) is 42.5 Å². The fraction of sp³-hybridized carbons (Fsp3) is 0.333. The van der Waals surface area contributed by atoms with Gasteiger partial charge in [0.2, 0.25) is 0 Å². The van der Waals surface area contributed by atoms with Crippen LogP contribution in [0.2, 0.25) is 5.02 Å². The lowest BCUT2D eigenvalue weighted by Gasteiger charge is -2.31. The molecule has 0 nitrogen and oxygen atoms in total. The summed E-state index contributed by atoms with van der Waals surface area (Å²) in [5, 5.41) is 1.76. The molecule has 2 aromatic carbocycles. The molecular formula is C18H17BrClF. The number of halogens is 3. The largest absolute Gasteiger partial charge is 0.207 e. The maximum Gasteiger partial charge on any atom is 0.123 e. The average Bonchev–Trinajstić information content (AvgIpc) is 2.85. The molecule has 0 amide bonds. The Morgan fingerprint density at radius 3 is 2.62 bits per heavy atom. The molecule has 0 fully saturated rings. The molecule has 1 aliphatic rings. The lowest BCUT2D eigenvalue weighted by molar-refractivity contribution is 0.464. The van der Waals surface area contributed by atoms with Crippen molar-refractivity contribution in [3.05, 3.63) is 70.0 Å². The lowest BCUT2D eigenvalue weighted by Crippen LogP contribution is -2.25. The third-order valence-corrected chi connectivity index (χ3v) is 5.34. The monoisotopic (exact) mass is 366 g/mol. The third-order valence-electron chi connectivity index (χ3n) is 4.54. The van der Waals surface area contributed by atoms with Crippen molar-refractivity contribution >= 4 is 27.5 Å². The van der Waals surface area contributed by atoms with Crippen molar-refractivity contribution in [3.8, 4) is 0 Å². The van der Waals surface area contributed by atoms with E-state index in [0.717, 1.165) is 36.0 Å². The van der Waals surface area contributed by atoms with E-state index in [2.05, 4.69) is 28.1 Å². The maximum absolute atomic E-state index is 13.3. The predicted molar refractivity (Wildman–Crippen MR) is 90.0 cm³/mol. The Balaban J connectivity index is 2.12. The van der Waals surface area contributed by atoms with E-state index in [1.165, 1.54) is 16.7 Å². The first-order chi connectivity index (χ1) is 10.2. The van der Waals surface area contributed by atoms with E-state index in [9.17, 15) is 4.39 Å². The highest BCUT2D eigenvalue weighted by molar-refractivity contribution is 9.09. The van der Waals surface area contributed by atoms with Crippen LogP contribution in [0.25, 0.3) is 0 Å². The summed E-state index contributed by atoms with van der Waals surface area (Å²) in [6.07, 6.45) is 4.27. The summed E-state index contributed by atoms with van der Waals surface area (Å²) in [5.74, 6) is -0.182. The molecule has 1 atom stereocenters. The van der Waals surface area contributed by atoms with E-state index < -0.39 is 0 Å². The first kappa shape index (κ1) is 15.1. The van der Waals surface area contributed by atoms with E-state index in [4.69, 9.17) is 11.6 Å². The van der Waals surface area contributed by atoms with Crippen LogP contribution >= 0.6 is 27.5 Å². The molecule has 0 aliphatic heterocycles. The molecule has 0 bridgehead atoms. The summed E-state index contributed by atoms with van der Waals surface area (Å²) in [4.78, 5) is 0. The highest BCUT2D eigenvalue weighted by Gasteiger charge is 2.39. The molecule has 110 valence electrons. The molecule has 21 heavy (non-hydrogen) atoms. The Labute approximate surface area is 138 Å². The minimum absolute atomic E-state index is 0.0261. The van der Waals surface area contributed by atoms with Crippen LogP contribution in [0, 0.1) is 5.82 Å². The Morgan fingerprint density at radius 1 is 1.14 bits per heavy atom. The molecule has 2 aromatic rings. The van der Waals surface area contributed by atoms with Gasteiger partial charge in [-0.1, -0.05) is 45.7 Å². The molecule has 3 rings (SSSR count). The van der Waals surface area contributed by atoms with Gasteiger partial charge in [-0.25, -0.2) is 4.39 Å². The third kappa shape index (κ3) is 2.76. The molecule has 0 saturated carbocycles. The van der Waals surface area contributed by atoms with Crippen LogP contribution in [0.5, 0.6) is 0 Å². The summed E-state index contributed by atoms with van der Waals surface area (Å²) in [6, 6.07) is 13.2. The minimum atomic E-state index is -0.182. The zero-order chi connectivity index (χ0) is 14.9. The summed E-state index contributed by atoms with van der Waals surface area (Å²) in [7, 11) is 0. The van der Waals surface area contributed by atoms with E-state index in [-0.39, 0.29) is 11.2 Å². The maximum atomic E-state index is 13.3. The molecule has 1 unspecified atom stereocenters. The van der Waals surface area contributed by atoms with Gasteiger partial charge in [0, 0.05) is 15.8 Å². The number of aryl methyl sites for hydroxylation is 1. The van der Waals surface area contributed by atoms with Gasteiger partial charge in [-0.3, -0.25) is 0 Å². The summed E-state index contributed by atoms with van der Waals surface area (Å²) in [6.45, 7) is 0. The number of alkyl halides is 1. The van der Waals surface area contributed by atoms with E-state index in [0.29, 0.717) is 0 Å². The highest BCUT2D eigenvalue weighted by Crippen LogP contribution is 2.48. The first-order valence-corrected chi connectivity index (χ1v) is 8.76. The van der Waals surface area contributed by atoms with E-state index >= 15 is 0 Å². The molecule has 0 heterocycles. The standard InChI is InChI=1S/C18H17BrClF/c19-11-1-9-18(14-3-6-16(21)7-4-14)10-8-13-2-5-15(20)12-17(13)18/h2-7,12H,1,8-11H2. The van der Waals surface area contributed by atoms with Crippen molar-refractivity contribution in [1.82, 2.24) is 0 Å². The van der Waals surface area contributed by atoms with Crippen LogP contribution in [-0.4, -0.2) is 5.33 Å². The smallest absolute Gasteiger partial charge is 0.123 e. The molecule has 3 heteroatoms. The molecule has 1 aliphatic carbocycles. The Bertz CT molecular complexity index is 638. The van der Waals surface area contributed by atoms with Crippen molar-refractivity contribution in [1.29, 1.82) is 0 Å². The van der Waals surface area contributed by atoms with Gasteiger partial charge in [0.25, 0.3) is 0 Å². The number of rotatable bonds is 4. The van der Waals surface area contributed by atoms with Gasteiger partial charge in [-0.15, -0.1) is 0 Å². The van der Waals surface area contributed by atoms with Crippen molar-refractivity contribution < 1.29 is 4.39 Å². The number of hydrogen-bond acceptors (Lipinski definition) is 0. The summed E-state index contributed by atoms with van der Waals surface area (Å²) < 4.78 is 13.3. The second-order valence-corrected chi connectivity index (χ2v) is 6.91. The number of fused-ring (bicyclic) bond motifs is 1. The number of hydrogen-bond donors (Lipinski definition) is 0. The van der Waals surface area contributed by atoms with Gasteiger partial charge in [0.15, 0.2) is 0 Å². The van der Waals surface area contributed by atoms with Crippen LogP contribution in [0.3, 0.4) is 0 Å². The number of benzene rings is 2. The quantitative estimate of drug-likeness (QED) is 0.591. The van der Waals surface area contributed by atoms with Gasteiger partial charge >= 0.3 is 0 Å². The molecular weight excluding hydrogens is 351 g/mol. The molecule has 0 saturated heterocycles. The van der Waals surface area contributed by atoms with Crippen molar-refractivity contribution in [2.75, 3.05) is 5.33 Å². The molecule has 0 aromatic heterocycles. The normalized spacial score (nSPS) is 20.5. The zero-order valence-electron chi connectivity index (χ0n) is 11.7. The van der Waals surface area contributed by atoms with Crippen LogP contribution in [0.1, 0.15) is 36.0 Å². The van der Waals surface area contributed by atoms with Crippen molar-refractivity contribution in [2.24, 2.45) is 0 Å². The Hall–Kier alpha value is -0.860. The molecule has 0 N–H and O–H groups in total. The van der Waals surface area contributed by atoms with Gasteiger partial charge in [0.05, 0.1) is 0 Å². The lowest BCUT2D eigenvalue weighted by atomic mass is 9.72.